The number of rotatable bonds is 76. The van der Waals surface area contributed by atoms with Crippen molar-refractivity contribution in [3.63, 3.8) is 0 Å². The van der Waals surface area contributed by atoms with Gasteiger partial charge in [-0.05, 0) is 77.0 Å². The number of phosphoric ester groups is 2. The van der Waals surface area contributed by atoms with Gasteiger partial charge >= 0.3 is 39.5 Å². The maximum atomic E-state index is 13.1. The number of unbranched alkanes of at least 4 members (excludes halogenated alkanes) is 46. The number of aliphatic hydroxyl groups excluding tert-OH is 1. The van der Waals surface area contributed by atoms with Crippen LogP contribution < -0.4 is 0 Å². The molecule has 0 aliphatic rings. The van der Waals surface area contributed by atoms with E-state index in [4.69, 9.17) is 37.0 Å². The van der Waals surface area contributed by atoms with E-state index in [-0.39, 0.29) is 25.7 Å². The van der Waals surface area contributed by atoms with Crippen LogP contribution in [0.3, 0.4) is 0 Å². The van der Waals surface area contributed by atoms with Crippen LogP contribution in [-0.4, -0.2) is 96.7 Å². The van der Waals surface area contributed by atoms with Gasteiger partial charge in [0.25, 0.3) is 0 Å². The lowest BCUT2D eigenvalue weighted by atomic mass is 10.0. The number of allylic oxidation sites excluding steroid dienone is 4. The van der Waals surface area contributed by atoms with Crippen molar-refractivity contribution in [3.8, 4) is 0 Å². The number of esters is 4. The Kier molecular flexibility index (Phi) is 69.1. The largest absolute Gasteiger partial charge is 0.472 e. The molecule has 0 saturated heterocycles. The van der Waals surface area contributed by atoms with Crippen molar-refractivity contribution >= 4 is 39.5 Å². The zero-order valence-electron chi connectivity index (χ0n) is 61.8. The Morgan fingerprint density at radius 1 is 0.281 bits per heavy atom. The number of aliphatic hydroxyl groups is 1. The van der Waals surface area contributed by atoms with Gasteiger partial charge in [0.1, 0.15) is 19.3 Å². The summed E-state index contributed by atoms with van der Waals surface area (Å²) < 4.78 is 68.5. The van der Waals surface area contributed by atoms with E-state index in [0.29, 0.717) is 25.7 Å². The van der Waals surface area contributed by atoms with Gasteiger partial charge < -0.3 is 33.8 Å². The van der Waals surface area contributed by atoms with Crippen LogP contribution in [0.25, 0.3) is 0 Å². The summed E-state index contributed by atoms with van der Waals surface area (Å²) >= 11 is 0. The van der Waals surface area contributed by atoms with Gasteiger partial charge in [0, 0.05) is 25.7 Å². The molecular weight excluding hydrogens is 1260 g/mol. The molecule has 0 bridgehead atoms. The fourth-order valence-electron chi connectivity index (χ4n) is 11.3. The van der Waals surface area contributed by atoms with E-state index < -0.39 is 97.5 Å². The molecule has 0 aromatic carbocycles. The molecule has 0 aliphatic heterocycles. The Morgan fingerprint density at radius 3 is 0.719 bits per heavy atom. The zero-order valence-corrected chi connectivity index (χ0v) is 63.6. The molecule has 0 aromatic heterocycles. The number of carbonyl (C=O) groups excluding carboxylic acids is 4. The SMILES string of the molecule is CCCCCCCCC=CCCCCCCCC(=O)OC(COC(=O)CCCCCCCCCCCCCCC)COP(=O)(O)OCC(O)COP(=O)(O)OCC(COC(=O)CCCCCCCCCCCCCCC)OC(=O)CCCCCCCC=CCCCCCCCC. The maximum absolute atomic E-state index is 13.1. The average molecular weight is 1410 g/mol. The van der Waals surface area contributed by atoms with Crippen LogP contribution >= 0.6 is 15.6 Å². The second kappa shape index (κ2) is 71.0. The molecule has 0 radical (unpaired) electrons. The minimum absolute atomic E-state index is 0.0937. The molecule has 0 amide bonds. The van der Waals surface area contributed by atoms with Gasteiger partial charge in [0.15, 0.2) is 12.2 Å². The first kappa shape index (κ1) is 93.5. The summed E-state index contributed by atoms with van der Waals surface area (Å²) in [6.07, 6.45) is 64.4. The van der Waals surface area contributed by atoms with Crippen LogP contribution in [0.4, 0.5) is 0 Å². The summed E-state index contributed by atoms with van der Waals surface area (Å²) in [6, 6.07) is 0. The molecule has 566 valence electrons. The Morgan fingerprint density at radius 2 is 0.479 bits per heavy atom. The second-order valence-corrected chi connectivity index (χ2v) is 29.9. The van der Waals surface area contributed by atoms with Crippen molar-refractivity contribution in [2.75, 3.05) is 39.6 Å². The number of phosphoric acid groups is 2. The molecule has 19 heteroatoms. The summed E-state index contributed by atoms with van der Waals surface area (Å²) in [5.74, 6) is -2.14. The van der Waals surface area contributed by atoms with Gasteiger partial charge in [-0.2, -0.15) is 0 Å². The molecular formula is C77H146O17P2. The summed E-state index contributed by atoms with van der Waals surface area (Å²) in [5.41, 5.74) is 0. The summed E-state index contributed by atoms with van der Waals surface area (Å²) in [7, 11) is -9.93. The van der Waals surface area contributed by atoms with E-state index in [2.05, 4.69) is 52.0 Å². The normalized spacial score (nSPS) is 14.0. The van der Waals surface area contributed by atoms with Crippen LogP contribution in [0.1, 0.15) is 387 Å². The Hall–Kier alpha value is -2.46. The van der Waals surface area contributed by atoms with Crippen molar-refractivity contribution in [2.24, 2.45) is 0 Å². The Labute approximate surface area is 586 Å². The fourth-order valence-corrected chi connectivity index (χ4v) is 12.9. The van der Waals surface area contributed by atoms with Crippen molar-refractivity contribution in [2.45, 2.75) is 406 Å². The summed E-state index contributed by atoms with van der Waals surface area (Å²) in [5, 5.41) is 10.6. The smallest absolute Gasteiger partial charge is 0.462 e. The highest BCUT2D eigenvalue weighted by atomic mass is 31.2. The molecule has 0 spiro atoms. The third-order valence-electron chi connectivity index (χ3n) is 17.4. The number of carbonyl (C=O) groups is 4. The second-order valence-electron chi connectivity index (χ2n) is 27.0. The van der Waals surface area contributed by atoms with Crippen LogP contribution in [0.2, 0.25) is 0 Å². The molecule has 4 unspecified atom stereocenters. The number of hydrogen-bond acceptors (Lipinski definition) is 15. The minimum atomic E-state index is -4.96. The quantitative estimate of drug-likeness (QED) is 0.0169. The molecule has 0 heterocycles. The van der Waals surface area contributed by atoms with Crippen LogP contribution in [0.15, 0.2) is 24.3 Å². The topological polar surface area (TPSA) is 237 Å². The van der Waals surface area contributed by atoms with Gasteiger partial charge in [-0.25, -0.2) is 9.13 Å². The van der Waals surface area contributed by atoms with Gasteiger partial charge in [-0.3, -0.25) is 37.3 Å². The minimum Gasteiger partial charge on any atom is -0.462 e. The van der Waals surface area contributed by atoms with Gasteiger partial charge in [0.05, 0.1) is 26.4 Å². The monoisotopic (exact) mass is 1410 g/mol. The number of hydrogen-bond donors (Lipinski definition) is 3. The van der Waals surface area contributed by atoms with E-state index in [1.165, 1.54) is 193 Å². The lowest BCUT2D eigenvalue weighted by Gasteiger charge is -2.21. The zero-order chi connectivity index (χ0) is 70.4. The third-order valence-corrected chi connectivity index (χ3v) is 19.3. The molecule has 0 fully saturated rings. The molecule has 4 atom stereocenters. The highest BCUT2D eigenvalue weighted by molar-refractivity contribution is 7.47. The van der Waals surface area contributed by atoms with Crippen molar-refractivity contribution in [3.05, 3.63) is 24.3 Å². The first-order chi connectivity index (χ1) is 46.7. The maximum Gasteiger partial charge on any atom is 0.472 e. The third kappa shape index (κ3) is 70.0. The molecule has 96 heavy (non-hydrogen) atoms. The predicted molar refractivity (Wildman–Crippen MR) is 391 cm³/mol. The first-order valence-electron chi connectivity index (χ1n) is 39.6. The van der Waals surface area contributed by atoms with E-state index >= 15 is 0 Å². The Balaban J connectivity index is 5.30. The Bertz CT molecular complexity index is 1790. The standard InChI is InChI=1S/C77H146O17P2/c1-5-9-13-17-21-25-29-33-35-39-43-47-51-55-59-63-76(81)93-72(67-87-74(79)61-57-53-49-45-41-37-31-27-23-19-15-11-7-3)69-91-95(83,84)89-65-71(78)66-90-96(85,86)92-70-73(68-88-75(80)62-58-54-50-46-42-38-32-28-24-20-16-12-8-4)94-77(82)64-60-56-52-48-44-40-36-34-30-26-22-18-14-10-6-2/h33-36,71-73,78H,5-32,37-70H2,1-4H3,(H,83,84)(H,85,86). The summed E-state index contributed by atoms with van der Waals surface area (Å²) in [6.45, 7) is 4.94. The van der Waals surface area contributed by atoms with Crippen molar-refractivity contribution < 1.29 is 80.2 Å². The van der Waals surface area contributed by atoms with Gasteiger partial charge in [-0.1, -0.05) is 309 Å². The van der Waals surface area contributed by atoms with Crippen LogP contribution in [0, 0.1) is 0 Å². The van der Waals surface area contributed by atoms with Crippen molar-refractivity contribution in [1.29, 1.82) is 0 Å². The van der Waals surface area contributed by atoms with Crippen LogP contribution in [-0.2, 0) is 65.4 Å². The lowest BCUT2D eigenvalue weighted by Crippen LogP contribution is -2.30. The molecule has 0 rings (SSSR count). The lowest BCUT2D eigenvalue weighted by molar-refractivity contribution is -0.161. The number of ether oxygens (including phenoxy) is 4. The highest BCUT2D eigenvalue weighted by Gasteiger charge is 2.30. The van der Waals surface area contributed by atoms with E-state index in [1.54, 1.807) is 0 Å². The van der Waals surface area contributed by atoms with E-state index in [9.17, 15) is 43.2 Å². The summed E-state index contributed by atoms with van der Waals surface area (Å²) in [4.78, 5) is 72.9. The molecule has 0 aromatic rings. The van der Waals surface area contributed by atoms with E-state index in [1.807, 2.05) is 0 Å². The van der Waals surface area contributed by atoms with Gasteiger partial charge in [0.2, 0.25) is 0 Å². The highest BCUT2D eigenvalue weighted by Crippen LogP contribution is 2.45. The average Bonchev–Trinajstić information content (AvgIpc) is 1.19. The predicted octanol–water partition coefficient (Wildman–Crippen LogP) is 22.6. The molecule has 0 aliphatic carbocycles. The first-order valence-corrected chi connectivity index (χ1v) is 42.6. The van der Waals surface area contributed by atoms with Gasteiger partial charge in [-0.15, -0.1) is 0 Å². The molecule has 17 nitrogen and oxygen atoms in total. The van der Waals surface area contributed by atoms with E-state index in [0.717, 1.165) is 116 Å². The van der Waals surface area contributed by atoms with Crippen molar-refractivity contribution in [1.82, 2.24) is 0 Å². The fraction of sp³-hybridized carbons (Fsp3) is 0.896. The molecule has 3 N–H and O–H groups in total. The van der Waals surface area contributed by atoms with Crippen LogP contribution in [0.5, 0.6) is 0 Å². The molecule has 0 saturated carbocycles.